The van der Waals surface area contributed by atoms with Crippen molar-refractivity contribution in [3.63, 3.8) is 0 Å². The van der Waals surface area contributed by atoms with Crippen LogP contribution in [-0.2, 0) is 4.79 Å². The van der Waals surface area contributed by atoms with Gasteiger partial charge in [0.2, 0.25) is 5.78 Å². The highest BCUT2D eigenvalue weighted by molar-refractivity contribution is 5.96. The minimum atomic E-state index is -7.50. The summed E-state index contributed by atoms with van der Waals surface area (Å²) in [5.74, 6) is -39.7. The Balaban J connectivity index is 5.95. The zero-order chi connectivity index (χ0) is 22.5. The third-order valence-electron chi connectivity index (χ3n) is 2.67. The molecule has 0 aliphatic heterocycles. The van der Waals surface area contributed by atoms with Crippen molar-refractivity contribution in [1.82, 2.24) is 0 Å². The van der Waals surface area contributed by atoms with E-state index >= 15 is 0 Å². The van der Waals surface area contributed by atoms with Gasteiger partial charge in [-0.25, -0.2) is 0 Å². The standard InChI is InChI=1S/C10H2F16O/c11-4(12,6(15,16)8(19,20)10(24,25)26)2-1-3(27)5(13,14)7(17,18)9(21,22)23/h1-2H/b2-1+. The molecule has 0 aromatic carbocycles. The number of rotatable bonds is 6. The van der Waals surface area contributed by atoms with Crippen LogP contribution in [0.5, 0.6) is 0 Å². The lowest BCUT2D eigenvalue weighted by Crippen LogP contribution is -2.60. The van der Waals surface area contributed by atoms with Gasteiger partial charge in [0.1, 0.15) is 0 Å². The molecule has 0 aliphatic rings. The van der Waals surface area contributed by atoms with Gasteiger partial charge in [-0.2, -0.15) is 70.2 Å². The van der Waals surface area contributed by atoms with E-state index in [4.69, 9.17) is 0 Å². The summed E-state index contributed by atoms with van der Waals surface area (Å²) in [6.45, 7) is 0. The van der Waals surface area contributed by atoms with E-state index in [2.05, 4.69) is 0 Å². The molecule has 0 bridgehead atoms. The number of alkyl halides is 16. The monoisotopic (exact) mass is 442 g/mol. The molecule has 0 radical (unpaired) electrons. The highest BCUT2D eigenvalue weighted by Crippen LogP contribution is 2.53. The van der Waals surface area contributed by atoms with Crippen molar-refractivity contribution < 1.29 is 75.0 Å². The van der Waals surface area contributed by atoms with Crippen LogP contribution in [0.3, 0.4) is 0 Å². The van der Waals surface area contributed by atoms with Crippen LogP contribution in [0.25, 0.3) is 0 Å². The summed E-state index contributed by atoms with van der Waals surface area (Å²) in [5, 5.41) is 0. The van der Waals surface area contributed by atoms with Crippen LogP contribution in [0.15, 0.2) is 12.2 Å². The van der Waals surface area contributed by atoms with E-state index in [9.17, 15) is 75.0 Å². The van der Waals surface area contributed by atoms with Gasteiger partial charge >= 0.3 is 42.0 Å². The molecule has 0 unspecified atom stereocenters. The maximum Gasteiger partial charge on any atom is 0.460 e. The zero-order valence-corrected chi connectivity index (χ0v) is 11.6. The summed E-state index contributed by atoms with van der Waals surface area (Å²) in [4.78, 5) is 10.6. The van der Waals surface area contributed by atoms with Crippen LogP contribution < -0.4 is 0 Å². The molecule has 0 N–H and O–H groups in total. The fraction of sp³-hybridized carbons (Fsp3) is 0.700. The topological polar surface area (TPSA) is 17.1 Å². The third-order valence-corrected chi connectivity index (χ3v) is 2.67. The second kappa shape index (κ2) is 6.42. The van der Waals surface area contributed by atoms with Crippen molar-refractivity contribution >= 4 is 5.78 Å². The molecule has 0 atom stereocenters. The highest BCUT2D eigenvalue weighted by atomic mass is 19.4. The van der Waals surface area contributed by atoms with Gasteiger partial charge in [-0.05, 0) is 12.2 Å². The van der Waals surface area contributed by atoms with Gasteiger partial charge in [-0.3, -0.25) is 4.79 Å². The Bertz CT molecular complexity index is 591. The second-order valence-corrected chi connectivity index (χ2v) is 4.61. The van der Waals surface area contributed by atoms with Crippen LogP contribution in [0.1, 0.15) is 0 Å². The van der Waals surface area contributed by atoms with E-state index in [1.165, 1.54) is 0 Å². The molecule has 0 fully saturated rings. The fourth-order valence-corrected chi connectivity index (χ4v) is 1.11. The first-order chi connectivity index (χ1) is 11.4. The third kappa shape index (κ3) is 3.95. The first-order valence-electron chi connectivity index (χ1n) is 5.64. The lowest BCUT2D eigenvalue weighted by atomic mass is 10.0. The van der Waals surface area contributed by atoms with Gasteiger partial charge in [0.15, 0.2) is 0 Å². The summed E-state index contributed by atoms with van der Waals surface area (Å²) < 4.78 is 197. The van der Waals surface area contributed by atoms with Crippen LogP contribution in [0.2, 0.25) is 0 Å². The Morgan fingerprint density at radius 1 is 0.519 bits per heavy atom. The first kappa shape index (κ1) is 25.3. The van der Waals surface area contributed by atoms with E-state index in [-0.39, 0.29) is 0 Å². The Labute approximate surface area is 136 Å². The molecule has 0 heterocycles. The second-order valence-electron chi connectivity index (χ2n) is 4.61. The summed E-state index contributed by atoms with van der Waals surface area (Å²) in [7, 11) is 0. The summed E-state index contributed by atoms with van der Waals surface area (Å²) in [6.07, 6.45) is -18.3. The average molecular weight is 442 g/mol. The molecule has 0 amide bonds. The Morgan fingerprint density at radius 2 is 0.852 bits per heavy atom. The van der Waals surface area contributed by atoms with Crippen LogP contribution in [-0.4, -0.2) is 47.7 Å². The lowest BCUT2D eigenvalue weighted by molar-refractivity contribution is -0.388. The predicted molar refractivity (Wildman–Crippen MR) is 51.0 cm³/mol. The summed E-state index contributed by atoms with van der Waals surface area (Å²) in [5.41, 5.74) is 0. The van der Waals surface area contributed by atoms with E-state index in [0.29, 0.717) is 0 Å². The molecule has 0 aliphatic carbocycles. The maximum atomic E-state index is 12.9. The number of allylic oxidation sites excluding steroid dienone is 2. The summed E-state index contributed by atoms with van der Waals surface area (Å²) >= 11 is 0. The van der Waals surface area contributed by atoms with Crippen molar-refractivity contribution in [3.8, 4) is 0 Å². The van der Waals surface area contributed by atoms with Gasteiger partial charge in [-0.15, -0.1) is 0 Å². The molecule has 0 aromatic heterocycles. The van der Waals surface area contributed by atoms with Gasteiger partial charge < -0.3 is 0 Å². The van der Waals surface area contributed by atoms with Crippen LogP contribution in [0, 0.1) is 0 Å². The number of carbonyl (C=O) groups excluding carboxylic acids is 1. The van der Waals surface area contributed by atoms with Gasteiger partial charge in [0.05, 0.1) is 0 Å². The minimum absolute atomic E-state index is 1.79. The van der Waals surface area contributed by atoms with E-state index < -0.39 is 59.9 Å². The van der Waals surface area contributed by atoms with Crippen LogP contribution in [0.4, 0.5) is 70.2 Å². The van der Waals surface area contributed by atoms with Crippen molar-refractivity contribution in [2.45, 2.75) is 42.0 Å². The molecule has 1 nitrogen and oxygen atoms in total. The maximum absolute atomic E-state index is 12.9. The van der Waals surface area contributed by atoms with Crippen molar-refractivity contribution in [2.75, 3.05) is 0 Å². The number of halogens is 16. The van der Waals surface area contributed by atoms with Gasteiger partial charge in [-0.1, -0.05) is 0 Å². The zero-order valence-electron chi connectivity index (χ0n) is 11.6. The molecule has 160 valence electrons. The van der Waals surface area contributed by atoms with Crippen molar-refractivity contribution in [3.05, 3.63) is 12.2 Å². The molecule has 27 heavy (non-hydrogen) atoms. The smallest absolute Gasteiger partial charge is 0.288 e. The van der Waals surface area contributed by atoms with E-state index in [1.54, 1.807) is 0 Å². The number of carbonyl (C=O) groups is 1. The molecule has 0 spiro atoms. The van der Waals surface area contributed by atoms with E-state index in [1.807, 2.05) is 0 Å². The lowest BCUT2D eigenvalue weighted by Gasteiger charge is -2.32. The molecular formula is C10H2F16O. The Kier molecular flexibility index (Phi) is 6.02. The first-order valence-corrected chi connectivity index (χ1v) is 5.64. The molecular weight excluding hydrogens is 440 g/mol. The van der Waals surface area contributed by atoms with Gasteiger partial charge in [0.25, 0.3) is 0 Å². The largest absolute Gasteiger partial charge is 0.460 e. The number of hydrogen-bond acceptors (Lipinski definition) is 1. The average Bonchev–Trinajstić information content (AvgIpc) is 2.41. The van der Waals surface area contributed by atoms with E-state index in [0.717, 1.165) is 0 Å². The Morgan fingerprint density at radius 3 is 1.15 bits per heavy atom. The van der Waals surface area contributed by atoms with Crippen molar-refractivity contribution in [2.24, 2.45) is 0 Å². The quantitative estimate of drug-likeness (QED) is 0.397. The number of hydrogen-bond donors (Lipinski definition) is 0. The molecule has 0 saturated heterocycles. The van der Waals surface area contributed by atoms with Crippen LogP contribution >= 0.6 is 0 Å². The minimum Gasteiger partial charge on any atom is -0.288 e. The molecule has 0 rings (SSSR count). The van der Waals surface area contributed by atoms with Gasteiger partial charge in [0, 0.05) is 0 Å². The Hall–Kier alpha value is -1.71. The summed E-state index contributed by atoms with van der Waals surface area (Å²) in [6, 6.07) is 0. The molecule has 0 aromatic rings. The normalized spacial score (nSPS) is 16.1. The fourth-order valence-electron chi connectivity index (χ4n) is 1.11. The molecule has 0 saturated carbocycles. The number of ketones is 1. The SMILES string of the molecule is O=C(/C=C/C(F)(F)C(F)(F)C(F)(F)C(F)(F)F)C(F)(F)C(F)(F)C(F)(F)F. The highest BCUT2D eigenvalue weighted by Gasteiger charge is 2.81. The predicted octanol–water partition coefficient (Wildman–Crippen LogP) is 5.41. The van der Waals surface area contributed by atoms with Crippen molar-refractivity contribution in [1.29, 1.82) is 0 Å². The molecule has 17 heteroatoms.